The van der Waals surface area contributed by atoms with Gasteiger partial charge in [-0.3, -0.25) is 4.98 Å². The molecule has 0 aliphatic carbocycles. The molecule has 0 spiro atoms. The molecule has 2 N–H and O–H groups in total. The van der Waals surface area contributed by atoms with Crippen molar-refractivity contribution in [3.05, 3.63) is 53.9 Å². The minimum Gasteiger partial charge on any atom is -0.397 e. The van der Waals surface area contributed by atoms with Crippen molar-refractivity contribution in [2.24, 2.45) is 0 Å². The number of thioether (sulfide) groups is 1. The summed E-state index contributed by atoms with van der Waals surface area (Å²) in [7, 11) is 0. The Labute approximate surface area is 102 Å². The van der Waals surface area contributed by atoms with E-state index >= 15 is 0 Å². The highest BCUT2D eigenvalue weighted by Crippen LogP contribution is 2.28. The van der Waals surface area contributed by atoms with Crippen LogP contribution in [-0.2, 0) is 5.75 Å². The fraction of sp³-hybridized carbons (Fsp3) is 0.0833. The van der Waals surface area contributed by atoms with Crippen LogP contribution in [0.25, 0.3) is 0 Å². The average Bonchev–Trinajstić information content (AvgIpc) is 2.32. The van der Waals surface area contributed by atoms with Crippen LogP contribution in [0.15, 0.2) is 41.6 Å². The van der Waals surface area contributed by atoms with Crippen molar-refractivity contribution in [1.29, 1.82) is 0 Å². The molecule has 5 heteroatoms. The van der Waals surface area contributed by atoms with Gasteiger partial charge in [0, 0.05) is 22.4 Å². The maximum atomic E-state index is 13.3. The molecule has 1 heterocycles. The smallest absolute Gasteiger partial charge is 0.127 e. The third-order valence-corrected chi connectivity index (χ3v) is 3.34. The van der Waals surface area contributed by atoms with Gasteiger partial charge in [-0.25, -0.2) is 8.78 Å². The number of hydrogen-bond acceptors (Lipinski definition) is 3. The highest BCUT2D eigenvalue weighted by atomic mass is 32.2. The first-order chi connectivity index (χ1) is 8.16. The van der Waals surface area contributed by atoms with E-state index in [0.29, 0.717) is 17.0 Å². The van der Waals surface area contributed by atoms with E-state index in [0.717, 1.165) is 17.0 Å². The molecule has 1 aromatic carbocycles. The minimum atomic E-state index is -0.440. The molecule has 1 aromatic heterocycles. The summed E-state index contributed by atoms with van der Waals surface area (Å²) in [4.78, 5) is 4.67. The molecule has 0 saturated carbocycles. The van der Waals surface area contributed by atoms with E-state index in [1.54, 1.807) is 12.3 Å². The number of nitrogens with two attached hydrogens (primary N) is 1. The second-order valence-electron chi connectivity index (χ2n) is 3.44. The number of aromatic nitrogens is 1. The van der Waals surface area contributed by atoms with Crippen LogP contribution >= 0.6 is 11.8 Å². The lowest BCUT2D eigenvalue weighted by molar-refractivity contribution is 0.591. The van der Waals surface area contributed by atoms with Crippen LogP contribution in [-0.4, -0.2) is 4.98 Å². The molecule has 0 unspecified atom stereocenters. The van der Waals surface area contributed by atoms with Gasteiger partial charge in [0.25, 0.3) is 0 Å². The van der Waals surface area contributed by atoms with E-state index in [1.807, 2.05) is 0 Å². The highest BCUT2D eigenvalue weighted by Gasteiger charge is 2.06. The van der Waals surface area contributed by atoms with E-state index < -0.39 is 11.6 Å². The molecule has 2 rings (SSSR count). The first-order valence-corrected chi connectivity index (χ1v) is 5.91. The van der Waals surface area contributed by atoms with Gasteiger partial charge in [-0.2, -0.15) is 0 Å². The number of nitrogens with zero attached hydrogens (tertiary/aromatic N) is 1. The molecule has 0 amide bonds. The Morgan fingerprint density at radius 1 is 1.24 bits per heavy atom. The largest absolute Gasteiger partial charge is 0.397 e. The minimum absolute atomic E-state index is 0.325. The number of halogens is 2. The number of anilines is 1. The van der Waals surface area contributed by atoms with Gasteiger partial charge in [0.2, 0.25) is 0 Å². The van der Waals surface area contributed by atoms with Crippen LogP contribution in [0.4, 0.5) is 14.5 Å². The zero-order valence-corrected chi connectivity index (χ0v) is 9.68. The molecule has 17 heavy (non-hydrogen) atoms. The van der Waals surface area contributed by atoms with Crippen LogP contribution in [0.5, 0.6) is 0 Å². The number of nitrogen functional groups attached to an aromatic ring is 1. The van der Waals surface area contributed by atoms with Crippen molar-refractivity contribution in [2.75, 3.05) is 5.73 Å². The van der Waals surface area contributed by atoms with Crippen molar-refractivity contribution in [1.82, 2.24) is 4.98 Å². The SMILES string of the molecule is Nc1cnccc1SCc1cc(F)ccc1F. The lowest BCUT2D eigenvalue weighted by Crippen LogP contribution is -1.92. The summed E-state index contributed by atoms with van der Waals surface area (Å²) in [5, 5.41) is 0. The number of rotatable bonds is 3. The van der Waals surface area contributed by atoms with E-state index in [1.165, 1.54) is 24.0 Å². The van der Waals surface area contributed by atoms with Gasteiger partial charge in [0.15, 0.2) is 0 Å². The van der Waals surface area contributed by atoms with Crippen molar-refractivity contribution < 1.29 is 8.78 Å². The van der Waals surface area contributed by atoms with E-state index in [-0.39, 0.29) is 0 Å². The number of benzene rings is 1. The number of hydrogen-bond donors (Lipinski definition) is 1. The molecular formula is C12H10F2N2S. The monoisotopic (exact) mass is 252 g/mol. The Kier molecular flexibility index (Phi) is 3.58. The lowest BCUT2D eigenvalue weighted by Gasteiger charge is -2.05. The first kappa shape index (κ1) is 11.9. The number of pyridine rings is 1. The summed E-state index contributed by atoms with van der Waals surface area (Å²) < 4.78 is 26.3. The first-order valence-electron chi connectivity index (χ1n) is 4.93. The second kappa shape index (κ2) is 5.14. The molecule has 0 fully saturated rings. The third kappa shape index (κ3) is 2.94. The molecule has 2 nitrogen and oxygen atoms in total. The van der Waals surface area contributed by atoms with Crippen molar-refractivity contribution in [3.8, 4) is 0 Å². The van der Waals surface area contributed by atoms with Crippen LogP contribution in [0, 0.1) is 11.6 Å². The molecule has 0 saturated heterocycles. The van der Waals surface area contributed by atoms with E-state index in [4.69, 9.17) is 5.73 Å². The zero-order chi connectivity index (χ0) is 12.3. The predicted molar refractivity (Wildman–Crippen MR) is 64.6 cm³/mol. The average molecular weight is 252 g/mol. The summed E-state index contributed by atoms with van der Waals surface area (Å²) in [5.41, 5.74) is 6.56. The van der Waals surface area contributed by atoms with Gasteiger partial charge in [-0.15, -0.1) is 11.8 Å². The van der Waals surface area contributed by atoms with Crippen LogP contribution in [0.1, 0.15) is 5.56 Å². The van der Waals surface area contributed by atoms with E-state index in [2.05, 4.69) is 4.98 Å². The van der Waals surface area contributed by atoms with Gasteiger partial charge in [-0.05, 0) is 24.3 Å². The Bertz CT molecular complexity index is 532. The quantitative estimate of drug-likeness (QED) is 0.852. The summed E-state index contributed by atoms with van der Waals surface area (Å²) >= 11 is 1.35. The molecule has 0 aliphatic heterocycles. The Morgan fingerprint density at radius 3 is 2.82 bits per heavy atom. The molecule has 88 valence electrons. The summed E-state index contributed by atoms with van der Waals surface area (Å²) in [6.45, 7) is 0. The topological polar surface area (TPSA) is 38.9 Å². The third-order valence-electron chi connectivity index (χ3n) is 2.20. The normalized spacial score (nSPS) is 10.5. The zero-order valence-electron chi connectivity index (χ0n) is 8.86. The Balaban J connectivity index is 2.12. The fourth-order valence-corrected chi connectivity index (χ4v) is 2.24. The molecule has 2 aromatic rings. The fourth-order valence-electron chi connectivity index (χ4n) is 1.33. The van der Waals surface area contributed by atoms with E-state index in [9.17, 15) is 8.78 Å². The maximum Gasteiger partial charge on any atom is 0.127 e. The predicted octanol–water partition coefficient (Wildman–Crippen LogP) is 3.23. The van der Waals surface area contributed by atoms with Crippen molar-refractivity contribution >= 4 is 17.4 Å². The molecule has 0 atom stereocenters. The van der Waals surface area contributed by atoms with Gasteiger partial charge in [0.1, 0.15) is 11.6 Å². The van der Waals surface area contributed by atoms with Gasteiger partial charge >= 0.3 is 0 Å². The summed E-state index contributed by atoms with van der Waals surface area (Å²) in [5.74, 6) is -0.520. The highest BCUT2D eigenvalue weighted by molar-refractivity contribution is 7.98. The Hall–Kier alpha value is -1.62. The molecule has 0 aliphatic rings. The molecule has 0 bridgehead atoms. The Morgan fingerprint density at radius 2 is 2.06 bits per heavy atom. The summed E-state index contributed by atoms with van der Waals surface area (Å²) in [6, 6.07) is 5.17. The summed E-state index contributed by atoms with van der Waals surface area (Å²) in [6.07, 6.45) is 3.14. The molecular weight excluding hydrogens is 242 g/mol. The van der Waals surface area contributed by atoms with Gasteiger partial charge in [0.05, 0.1) is 11.9 Å². The standard InChI is InChI=1S/C12H10F2N2S/c13-9-1-2-10(14)8(5-9)7-17-12-3-4-16-6-11(12)15/h1-6H,7,15H2. The van der Waals surface area contributed by atoms with Crippen LogP contribution in [0.3, 0.4) is 0 Å². The van der Waals surface area contributed by atoms with Crippen molar-refractivity contribution in [2.45, 2.75) is 10.6 Å². The lowest BCUT2D eigenvalue weighted by atomic mass is 10.2. The van der Waals surface area contributed by atoms with Crippen LogP contribution < -0.4 is 5.73 Å². The maximum absolute atomic E-state index is 13.3. The van der Waals surface area contributed by atoms with Crippen molar-refractivity contribution in [3.63, 3.8) is 0 Å². The second-order valence-corrected chi connectivity index (χ2v) is 4.46. The van der Waals surface area contributed by atoms with Gasteiger partial charge in [-0.1, -0.05) is 0 Å². The van der Waals surface area contributed by atoms with Crippen LogP contribution in [0.2, 0.25) is 0 Å². The molecule has 0 radical (unpaired) electrons. The van der Waals surface area contributed by atoms with Gasteiger partial charge < -0.3 is 5.73 Å².